The van der Waals surface area contributed by atoms with Crippen molar-refractivity contribution in [2.75, 3.05) is 6.61 Å². The molecule has 12 nitrogen and oxygen atoms in total. The quantitative estimate of drug-likeness (QED) is 0.0266. The Hall–Kier alpha value is -4.20. The van der Waals surface area contributed by atoms with Crippen LogP contribution in [0.5, 0.6) is 11.5 Å². The van der Waals surface area contributed by atoms with Crippen LogP contribution >= 0.6 is 0 Å². The second-order valence-corrected chi connectivity index (χ2v) is 16.9. The van der Waals surface area contributed by atoms with Crippen LogP contribution in [0.15, 0.2) is 76.6 Å². The fourth-order valence-electron chi connectivity index (χ4n) is 8.04. The van der Waals surface area contributed by atoms with Gasteiger partial charge in [-0.15, -0.1) is 0 Å². The molecule has 8 atom stereocenters. The van der Waals surface area contributed by atoms with E-state index < -0.39 is 105 Å². The van der Waals surface area contributed by atoms with Crippen molar-refractivity contribution in [3.63, 3.8) is 0 Å². The number of aromatic hydroxyl groups is 2. The lowest BCUT2D eigenvalue weighted by Gasteiger charge is -2.61. The Morgan fingerprint density at radius 2 is 1.48 bits per heavy atom. The monoisotopic (exact) mass is 780 g/mol. The van der Waals surface area contributed by atoms with Crippen LogP contribution in [-0.4, -0.2) is 90.1 Å². The average Bonchev–Trinajstić information content (AvgIpc) is 3.12. The smallest absolute Gasteiger partial charge is 0.342 e. The minimum absolute atomic E-state index is 0.0181. The predicted molar refractivity (Wildman–Crippen MR) is 210 cm³/mol. The van der Waals surface area contributed by atoms with E-state index in [1.807, 2.05) is 67.5 Å². The van der Waals surface area contributed by atoms with Crippen molar-refractivity contribution in [1.29, 1.82) is 0 Å². The number of Topliss-reactive ketones (excluding diaryl/α,β-unsaturated/α-hetero) is 3. The Bertz CT molecular complexity index is 1830. The number of allylic oxidation sites excluding steroid dienone is 9. The van der Waals surface area contributed by atoms with E-state index in [1.54, 1.807) is 13.0 Å². The summed E-state index contributed by atoms with van der Waals surface area (Å²) >= 11 is 0. The van der Waals surface area contributed by atoms with Gasteiger partial charge >= 0.3 is 5.97 Å². The fraction of sp³-hybridized carbons (Fsp3) is 0.545. The molecule has 0 heterocycles. The van der Waals surface area contributed by atoms with Crippen LogP contribution in [0.25, 0.3) is 0 Å². The molecule has 1 saturated carbocycles. The molecule has 2 aliphatic carbocycles. The van der Waals surface area contributed by atoms with E-state index in [0.717, 1.165) is 34.9 Å². The maximum atomic E-state index is 15.9. The van der Waals surface area contributed by atoms with E-state index in [-0.39, 0.29) is 24.8 Å². The topological polar surface area (TPSA) is 219 Å². The van der Waals surface area contributed by atoms with Crippen LogP contribution in [0.3, 0.4) is 0 Å². The average molecular weight is 781 g/mol. The summed E-state index contributed by atoms with van der Waals surface area (Å²) in [4.78, 5) is 60.3. The molecule has 0 spiro atoms. The van der Waals surface area contributed by atoms with Crippen LogP contribution in [0.1, 0.15) is 105 Å². The molecular formula is C44H60O12. The number of hydrogen-bond donors (Lipinski definition) is 7. The van der Waals surface area contributed by atoms with Gasteiger partial charge in [-0.1, -0.05) is 60.9 Å². The third kappa shape index (κ3) is 8.84. The predicted octanol–water partition coefficient (Wildman–Crippen LogP) is 5.34. The van der Waals surface area contributed by atoms with Gasteiger partial charge in [0.1, 0.15) is 35.1 Å². The number of carbonyl (C=O) groups excluding carboxylic acids is 4. The number of phenols is 2. The molecule has 0 aliphatic heterocycles. The van der Waals surface area contributed by atoms with Gasteiger partial charge in [-0.05, 0) is 116 Å². The molecule has 0 amide bonds. The Balaban J connectivity index is 2.61. The summed E-state index contributed by atoms with van der Waals surface area (Å²) in [5.41, 5.74) is -2.44. The number of benzene rings is 1. The highest BCUT2D eigenvalue weighted by molar-refractivity contribution is 6.35. The summed E-state index contributed by atoms with van der Waals surface area (Å²) < 4.78 is 5.92. The highest BCUT2D eigenvalue weighted by Crippen LogP contribution is 2.67. The zero-order chi connectivity index (χ0) is 42.7. The van der Waals surface area contributed by atoms with Crippen molar-refractivity contribution in [2.24, 2.45) is 28.1 Å². The third-order valence-corrected chi connectivity index (χ3v) is 11.7. The molecule has 3 rings (SSSR count). The largest absolute Gasteiger partial charge is 0.504 e. The van der Waals surface area contributed by atoms with Gasteiger partial charge in [0, 0.05) is 5.56 Å². The highest BCUT2D eigenvalue weighted by atomic mass is 16.6. The Morgan fingerprint density at radius 3 is 2.00 bits per heavy atom. The SMILES string of the molecule is C=C(C)[C@@H](CC=C(C)C)C[C@@]12C[C@@H](CC=C(C)C)C(C)(C)[C@@](CC=C(C)C)(C(=O)C(C(=O)c3ccc(O)c(O)c3)=C1OC(=O)[C@H](O)[C@@H](O)[C@H](O)[C@H](O)CO)C2=O. The molecular weight excluding hydrogens is 720 g/mol. The number of aliphatic hydroxyl groups excluding tert-OH is 5. The van der Waals surface area contributed by atoms with Crippen molar-refractivity contribution in [3.8, 4) is 11.5 Å². The second-order valence-electron chi connectivity index (χ2n) is 16.9. The molecule has 0 aromatic heterocycles. The normalized spacial score (nSPS) is 24.3. The van der Waals surface area contributed by atoms with Gasteiger partial charge in [-0.25, -0.2) is 4.79 Å². The molecule has 7 N–H and O–H groups in total. The maximum Gasteiger partial charge on any atom is 0.342 e. The first kappa shape index (κ1) is 46.2. The number of aliphatic hydroxyl groups is 5. The lowest BCUT2D eigenvalue weighted by molar-refractivity contribution is -0.179. The number of carbonyl (C=O) groups is 4. The zero-order valence-electron chi connectivity index (χ0n) is 34.0. The van der Waals surface area contributed by atoms with E-state index in [1.165, 1.54) is 0 Å². The minimum atomic E-state index is -2.59. The number of rotatable bonds is 17. The van der Waals surface area contributed by atoms with Gasteiger partial charge < -0.3 is 40.5 Å². The molecule has 2 bridgehead atoms. The molecule has 1 aromatic carbocycles. The molecule has 0 radical (unpaired) electrons. The molecule has 2 aliphatic rings. The van der Waals surface area contributed by atoms with Crippen molar-refractivity contribution in [1.82, 2.24) is 0 Å². The number of esters is 1. The van der Waals surface area contributed by atoms with Crippen molar-refractivity contribution >= 4 is 23.3 Å². The molecule has 0 saturated heterocycles. The van der Waals surface area contributed by atoms with Gasteiger partial charge in [0.05, 0.1) is 12.0 Å². The highest BCUT2D eigenvalue weighted by Gasteiger charge is 2.73. The van der Waals surface area contributed by atoms with Gasteiger partial charge in [-0.3, -0.25) is 14.4 Å². The Kier molecular flexibility index (Phi) is 14.8. The summed E-state index contributed by atoms with van der Waals surface area (Å²) in [6, 6.07) is 3.16. The zero-order valence-corrected chi connectivity index (χ0v) is 34.0. The first-order valence-corrected chi connectivity index (χ1v) is 18.9. The summed E-state index contributed by atoms with van der Waals surface area (Å²) in [6.07, 6.45) is -2.85. The van der Waals surface area contributed by atoms with E-state index >= 15 is 9.59 Å². The first-order chi connectivity index (χ1) is 25.9. The van der Waals surface area contributed by atoms with Crippen LogP contribution in [-0.2, 0) is 19.1 Å². The minimum Gasteiger partial charge on any atom is -0.504 e. The summed E-state index contributed by atoms with van der Waals surface area (Å²) in [5.74, 6) is -6.98. The van der Waals surface area contributed by atoms with Crippen molar-refractivity contribution in [3.05, 3.63) is 82.2 Å². The number of phenolic OH excluding ortho intramolecular Hbond substituents is 2. The lowest BCUT2D eigenvalue weighted by atomic mass is 9.39. The van der Waals surface area contributed by atoms with E-state index in [9.17, 15) is 45.3 Å². The molecule has 12 heteroatoms. The number of fused-ring (bicyclic) bond motifs is 2. The Labute approximate surface area is 329 Å². The molecule has 56 heavy (non-hydrogen) atoms. The number of ether oxygens (including phenoxy) is 1. The fourth-order valence-corrected chi connectivity index (χ4v) is 8.04. The maximum absolute atomic E-state index is 15.9. The summed E-state index contributed by atoms with van der Waals surface area (Å²) in [6.45, 7) is 19.9. The van der Waals surface area contributed by atoms with Gasteiger partial charge in [0.25, 0.3) is 0 Å². The standard InChI is InChI=1S/C44H60O12/c1-23(2)11-13-28(26(7)8)20-43-21-29(15-12-24(3)4)42(9,10)44(41(43)55,18-17-25(5)6)38(53)33(34(49)27-14-16-30(46)31(47)19-27)39(43)56-40(54)37(52)36(51)35(50)32(48)22-45/h11-12,14,16-17,19,28-29,32,35-37,45-48,50-52H,7,13,15,18,20-22H2,1-6,8-10H3/t28-,29+,32+,35+,36-,37+,43+,44-/m0/s1. The third-order valence-electron chi connectivity index (χ3n) is 11.7. The van der Waals surface area contributed by atoms with Crippen LogP contribution in [0.2, 0.25) is 0 Å². The van der Waals surface area contributed by atoms with Crippen LogP contribution in [0.4, 0.5) is 0 Å². The molecule has 0 unspecified atom stereocenters. The summed E-state index contributed by atoms with van der Waals surface area (Å²) in [5, 5.41) is 71.9. The van der Waals surface area contributed by atoms with Crippen molar-refractivity contribution in [2.45, 2.75) is 119 Å². The molecule has 1 fully saturated rings. The van der Waals surface area contributed by atoms with Crippen LogP contribution in [0, 0.1) is 28.1 Å². The Morgan fingerprint density at radius 1 is 0.893 bits per heavy atom. The van der Waals surface area contributed by atoms with E-state index in [0.29, 0.717) is 18.4 Å². The van der Waals surface area contributed by atoms with E-state index in [2.05, 4.69) is 6.58 Å². The van der Waals surface area contributed by atoms with Gasteiger partial charge in [0.15, 0.2) is 35.0 Å². The number of hydrogen-bond acceptors (Lipinski definition) is 12. The molecule has 1 aromatic rings. The first-order valence-electron chi connectivity index (χ1n) is 18.9. The lowest BCUT2D eigenvalue weighted by Crippen LogP contribution is -2.67. The van der Waals surface area contributed by atoms with E-state index in [4.69, 9.17) is 4.74 Å². The number of ketones is 3. The second kappa shape index (κ2) is 17.9. The van der Waals surface area contributed by atoms with Gasteiger partial charge in [0.2, 0.25) is 0 Å². The molecule has 308 valence electrons. The van der Waals surface area contributed by atoms with Gasteiger partial charge in [-0.2, -0.15) is 0 Å². The summed E-state index contributed by atoms with van der Waals surface area (Å²) in [7, 11) is 0. The van der Waals surface area contributed by atoms with Crippen LogP contribution < -0.4 is 0 Å². The van der Waals surface area contributed by atoms with Crippen molar-refractivity contribution < 1.29 is 59.7 Å².